The van der Waals surface area contributed by atoms with Crippen molar-refractivity contribution in [2.75, 3.05) is 53.0 Å². The zero-order valence-electron chi connectivity index (χ0n) is 22.5. The summed E-state index contributed by atoms with van der Waals surface area (Å²) in [6.45, 7) is 12.7. The standard InChI is InChI=1S/C31H39N3O2S/c1-22-24(7-4-9-26(22)30-32-27-19-33(3)15-11-29(27)37-30)25-8-5-10-28(23(25)2)36-18-6-14-34-16-12-31(13-17-34)20-35-21-31/h4-5,7-10H,6,11-21H2,1-3H3. The Balaban J connectivity index is 1.12. The van der Waals surface area contributed by atoms with Crippen molar-refractivity contribution in [3.63, 3.8) is 0 Å². The van der Waals surface area contributed by atoms with E-state index in [2.05, 4.69) is 67.1 Å². The van der Waals surface area contributed by atoms with E-state index in [1.165, 1.54) is 64.3 Å². The molecule has 0 amide bonds. The highest BCUT2D eigenvalue weighted by molar-refractivity contribution is 7.15. The molecule has 4 heterocycles. The zero-order chi connectivity index (χ0) is 25.4. The SMILES string of the molecule is Cc1c(OCCCN2CCC3(CC2)COC3)cccc1-c1cccc(-c2nc3c(s2)CCN(C)C3)c1C. The number of piperidine rings is 1. The van der Waals surface area contributed by atoms with Crippen LogP contribution in [0.5, 0.6) is 5.75 Å². The molecule has 0 unspecified atom stereocenters. The molecule has 6 rings (SSSR count). The first kappa shape index (κ1) is 25.1. The number of hydrogen-bond donors (Lipinski definition) is 0. The van der Waals surface area contributed by atoms with Crippen LogP contribution >= 0.6 is 11.3 Å². The minimum Gasteiger partial charge on any atom is -0.493 e. The van der Waals surface area contributed by atoms with Crippen LogP contribution in [0, 0.1) is 19.3 Å². The van der Waals surface area contributed by atoms with Gasteiger partial charge in [-0.3, -0.25) is 0 Å². The monoisotopic (exact) mass is 517 g/mol. The highest BCUT2D eigenvalue weighted by Gasteiger charge is 2.40. The largest absolute Gasteiger partial charge is 0.493 e. The molecule has 0 aliphatic carbocycles. The van der Waals surface area contributed by atoms with Gasteiger partial charge in [0.2, 0.25) is 0 Å². The lowest BCUT2D eigenvalue weighted by Gasteiger charge is -2.47. The Hall–Kier alpha value is -2.25. The first-order valence-corrected chi connectivity index (χ1v) is 14.6. The van der Waals surface area contributed by atoms with Crippen LogP contribution in [0.25, 0.3) is 21.7 Å². The number of rotatable bonds is 7. The molecule has 3 aliphatic rings. The number of aromatic nitrogens is 1. The predicted molar refractivity (Wildman–Crippen MR) is 152 cm³/mol. The van der Waals surface area contributed by atoms with Gasteiger partial charge >= 0.3 is 0 Å². The summed E-state index contributed by atoms with van der Waals surface area (Å²) in [5.74, 6) is 0.999. The predicted octanol–water partition coefficient (Wildman–Crippen LogP) is 5.96. The molecular formula is C31H39N3O2S. The molecule has 1 spiro atoms. The van der Waals surface area contributed by atoms with Crippen molar-refractivity contribution in [1.82, 2.24) is 14.8 Å². The van der Waals surface area contributed by atoms with Gasteiger partial charge in [-0.05, 0) is 88.0 Å². The van der Waals surface area contributed by atoms with E-state index in [4.69, 9.17) is 14.5 Å². The number of likely N-dealkylation sites (tertiary alicyclic amines) is 1. The molecule has 0 radical (unpaired) electrons. The molecule has 0 bridgehead atoms. The molecule has 0 N–H and O–H groups in total. The van der Waals surface area contributed by atoms with Crippen molar-refractivity contribution in [1.29, 1.82) is 0 Å². The van der Waals surface area contributed by atoms with Crippen molar-refractivity contribution >= 4 is 11.3 Å². The van der Waals surface area contributed by atoms with Crippen LogP contribution in [-0.2, 0) is 17.7 Å². The summed E-state index contributed by atoms with van der Waals surface area (Å²) in [7, 11) is 2.18. The summed E-state index contributed by atoms with van der Waals surface area (Å²) in [6, 6.07) is 13.1. The summed E-state index contributed by atoms with van der Waals surface area (Å²) in [4.78, 5) is 11.5. The average molecular weight is 518 g/mol. The molecule has 196 valence electrons. The van der Waals surface area contributed by atoms with Gasteiger partial charge in [0.1, 0.15) is 10.8 Å². The number of fused-ring (bicyclic) bond motifs is 1. The fourth-order valence-corrected chi connectivity index (χ4v) is 7.21. The Morgan fingerprint density at radius 3 is 2.46 bits per heavy atom. The van der Waals surface area contributed by atoms with E-state index in [9.17, 15) is 0 Å². The van der Waals surface area contributed by atoms with Gasteiger partial charge in [-0.1, -0.05) is 30.3 Å². The third-order valence-electron chi connectivity index (χ3n) is 8.67. The first-order chi connectivity index (χ1) is 18.0. The molecule has 6 heteroatoms. The number of hydrogen-bond acceptors (Lipinski definition) is 6. The average Bonchev–Trinajstić information content (AvgIpc) is 3.30. The topological polar surface area (TPSA) is 37.8 Å². The Labute approximate surface area is 225 Å². The molecule has 0 saturated carbocycles. The van der Waals surface area contributed by atoms with Gasteiger partial charge in [0.25, 0.3) is 0 Å². The number of ether oxygens (including phenoxy) is 2. The molecule has 37 heavy (non-hydrogen) atoms. The number of likely N-dealkylation sites (N-methyl/N-ethyl adjacent to an activating group) is 1. The summed E-state index contributed by atoms with van der Waals surface area (Å²) in [5, 5.41) is 1.15. The van der Waals surface area contributed by atoms with Crippen molar-refractivity contribution in [3.05, 3.63) is 58.1 Å². The molecule has 2 fully saturated rings. The van der Waals surface area contributed by atoms with Gasteiger partial charge in [-0.15, -0.1) is 11.3 Å². The highest BCUT2D eigenvalue weighted by Crippen LogP contribution is 2.40. The molecular weight excluding hydrogens is 478 g/mol. The van der Waals surface area contributed by atoms with Crippen LogP contribution in [0.1, 0.15) is 41.0 Å². The lowest BCUT2D eigenvalue weighted by molar-refractivity contribution is -0.139. The van der Waals surface area contributed by atoms with Gasteiger partial charge < -0.3 is 19.3 Å². The van der Waals surface area contributed by atoms with Gasteiger partial charge in [0.15, 0.2) is 0 Å². The van der Waals surface area contributed by atoms with E-state index in [0.29, 0.717) is 5.41 Å². The van der Waals surface area contributed by atoms with Gasteiger partial charge in [0, 0.05) is 35.5 Å². The van der Waals surface area contributed by atoms with Crippen molar-refractivity contribution in [2.45, 2.75) is 46.1 Å². The molecule has 3 aromatic rings. The lowest BCUT2D eigenvalue weighted by atomic mass is 9.77. The fourth-order valence-electron chi connectivity index (χ4n) is 6.07. The Kier molecular flexibility index (Phi) is 7.10. The number of thiazole rings is 1. The fraction of sp³-hybridized carbons (Fsp3) is 0.516. The third kappa shape index (κ3) is 5.09. The number of nitrogens with zero attached hydrogens (tertiary/aromatic N) is 3. The Bertz CT molecular complexity index is 1260. The molecule has 1 aromatic heterocycles. The maximum absolute atomic E-state index is 6.32. The van der Waals surface area contributed by atoms with E-state index in [0.717, 1.165) is 63.1 Å². The molecule has 3 aliphatic heterocycles. The van der Waals surface area contributed by atoms with Crippen LogP contribution < -0.4 is 4.74 Å². The smallest absolute Gasteiger partial charge is 0.124 e. The molecule has 2 aromatic carbocycles. The van der Waals surface area contributed by atoms with Crippen LogP contribution in [0.4, 0.5) is 0 Å². The maximum atomic E-state index is 6.32. The summed E-state index contributed by atoms with van der Waals surface area (Å²) < 4.78 is 11.8. The van der Waals surface area contributed by atoms with Gasteiger partial charge in [-0.2, -0.15) is 0 Å². The van der Waals surface area contributed by atoms with Gasteiger partial charge in [0.05, 0.1) is 25.5 Å². The van der Waals surface area contributed by atoms with Crippen molar-refractivity contribution < 1.29 is 9.47 Å². The summed E-state index contributed by atoms with van der Waals surface area (Å²) in [5.41, 5.74) is 8.05. The van der Waals surface area contributed by atoms with E-state index in [1.807, 2.05) is 11.3 Å². The number of benzene rings is 2. The van der Waals surface area contributed by atoms with Crippen LogP contribution in [0.3, 0.4) is 0 Å². The maximum Gasteiger partial charge on any atom is 0.124 e. The van der Waals surface area contributed by atoms with E-state index in [-0.39, 0.29) is 0 Å². The second-order valence-corrected chi connectivity index (χ2v) is 12.4. The highest BCUT2D eigenvalue weighted by atomic mass is 32.1. The normalized spacial score (nSPS) is 19.5. The zero-order valence-corrected chi connectivity index (χ0v) is 23.3. The summed E-state index contributed by atoms with van der Waals surface area (Å²) >= 11 is 1.87. The van der Waals surface area contributed by atoms with E-state index < -0.39 is 0 Å². The summed E-state index contributed by atoms with van der Waals surface area (Å²) in [6.07, 6.45) is 4.74. The van der Waals surface area contributed by atoms with Crippen LogP contribution in [0.2, 0.25) is 0 Å². The van der Waals surface area contributed by atoms with E-state index in [1.54, 1.807) is 0 Å². The molecule has 0 atom stereocenters. The minimum atomic E-state index is 0.510. The lowest BCUT2D eigenvalue weighted by Crippen LogP contribution is -2.51. The van der Waals surface area contributed by atoms with Crippen molar-refractivity contribution in [2.24, 2.45) is 5.41 Å². The molecule has 5 nitrogen and oxygen atoms in total. The second kappa shape index (κ2) is 10.5. The van der Waals surface area contributed by atoms with Crippen LogP contribution in [-0.4, -0.2) is 67.8 Å². The van der Waals surface area contributed by atoms with Gasteiger partial charge in [-0.25, -0.2) is 4.98 Å². The second-order valence-electron chi connectivity index (χ2n) is 11.3. The first-order valence-electron chi connectivity index (χ1n) is 13.8. The third-order valence-corrected chi connectivity index (χ3v) is 9.86. The minimum absolute atomic E-state index is 0.510. The molecule has 2 saturated heterocycles. The van der Waals surface area contributed by atoms with Crippen LogP contribution in [0.15, 0.2) is 36.4 Å². The quantitative estimate of drug-likeness (QED) is 0.362. The van der Waals surface area contributed by atoms with Crippen molar-refractivity contribution in [3.8, 4) is 27.4 Å². The Morgan fingerprint density at radius 1 is 0.973 bits per heavy atom. The Morgan fingerprint density at radius 2 is 1.70 bits per heavy atom. The van der Waals surface area contributed by atoms with E-state index >= 15 is 0 Å².